The van der Waals surface area contributed by atoms with E-state index >= 15 is 0 Å². The molecule has 1 N–H and O–H groups in total. The maximum absolute atomic E-state index is 12.1. The number of hydrogen-bond acceptors (Lipinski definition) is 6. The van der Waals surface area contributed by atoms with Gasteiger partial charge in [0.2, 0.25) is 0 Å². The van der Waals surface area contributed by atoms with Gasteiger partial charge in [-0.2, -0.15) is 0 Å². The first-order valence-electron chi connectivity index (χ1n) is 18.0. The Morgan fingerprint density at radius 3 is 1.89 bits per heavy atom. The van der Waals surface area contributed by atoms with Gasteiger partial charge in [-0.3, -0.25) is 14.4 Å². The van der Waals surface area contributed by atoms with Crippen LogP contribution in [0, 0.1) is 5.92 Å². The summed E-state index contributed by atoms with van der Waals surface area (Å²) < 4.78 is 10.4. The lowest BCUT2D eigenvalue weighted by Crippen LogP contribution is -2.28. The number of allylic oxidation sites excluding steroid dienone is 8. The summed E-state index contributed by atoms with van der Waals surface area (Å²) in [6.07, 6.45) is 36.0. The summed E-state index contributed by atoms with van der Waals surface area (Å²) in [5, 5.41) is 9.51. The quantitative estimate of drug-likeness (QED) is 0.0269. The number of unbranched alkanes of at least 4 members (excludes halogenated alkanes) is 12. The number of carbonyl (C=O) groups is 3. The highest BCUT2D eigenvalue weighted by molar-refractivity contribution is 5.90. The second kappa shape index (κ2) is 32.9. The van der Waals surface area contributed by atoms with Crippen LogP contribution < -0.4 is 0 Å². The van der Waals surface area contributed by atoms with Crippen LogP contribution in [-0.4, -0.2) is 42.1 Å². The van der Waals surface area contributed by atoms with Crippen molar-refractivity contribution in [1.29, 1.82) is 0 Å². The number of aliphatic hydroxyl groups excluding tert-OH is 1. The maximum Gasteiger partial charge on any atom is 0.306 e. The van der Waals surface area contributed by atoms with E-state index in [1.807, 2.05) is 12.2 Å². The second-order valence-corrected chi connectivity index (χ2v) is 12.5. The molecule has 0 aromatic carbocycles. The number of rotatable bonds is 31. The molecule has 0 heterocycles. The number of ether oxygens (including phenoxy) is 2. The number of ketones is 1. The molecule has 0 aliphatic carbocycles. The van der Waals surface area contributed by atoms with Gasteiger partial charge in [-0.15, -0.1) is 0 Å². The van der Waals surface area contributed by atoms with Gasteiger partial charge < -0.3 is 14.6 Å². The van der Waals surface area contributed by atoms with Crippen LogP contribution in [0.1, 0.15) is 156 Å². The summed E-state index contributed by atoms with van der Waals surface area (Å²) >= 11 is 0. The van der Waals surface area contributed by atoms with Crippen molar-refractivity contribution < 1.29 is 29.0 Å². The molecule has 258 valence electrons. The van der Waals surface area contributed by atoms with Crippen molar-refractivity contribution in [1.82, 2.24) is 0 Å². The highest BCUT2D eigenvalue weighted by Gasteiger charge is 2.16. The van der Waals surface area contributed by atoms with Crippen molar-refractivity contribution >= 4 is 17.7 Å². The van der Waals surface area contributed by atoms with E-state index in [1.165, 1.54) is 76.7 Å². The lowest BCUT2D eigenvalue weighted by molar-refractivity contribution is -0.161. The standard InChI is InChI=1S/C39H66O6/c1-4-5-6-7-8-9-10-11-12-16-19-22-25-29-36(41)30-27-32-38(42)44-34-37(33-40)45-39(43)31-26-23-20-17-14-13-15-18-21-24-28-35(2)3/h8-9,11-12,19,22,25,29,35,37,40H,4-7,10,13-18,20-21,23-24,26-28,30-34H2,1-3H3/b9-8-,12-11-,22-19-,29-25+/t37-/m0/s1. The highest BCUT2D eigenvalue weighted by Crippen LogP contribution is 2.14. The molecular formula is C39H66O6. The first-order valence-corrected chi connectivity index (χ1v) is 18.0. The van der Waals surface area contributed by atoms with Crippen molar-refractivity contribution in [3.63, 3.8) is 0 Å². The molecule has 0 aliphatic heterocycles. The third-order valence-corrected chi connectivity index (χ3v) is 7.53. The number of hydrogen-bond donors (Lipinski definition) is 1. The van der Waals surface area contributed by atoms with Gasteiger partial charge in [0.15, 0.2) is 11.9 Å². The molecule has 0 unspecified atom stereocenters. The minimum atomic E-state index is -0.861. The summed E-state index contributed by atoms with van der Waals surface area (Å²) in [5.74, 6) is -0.0875. The third-order valence-electron chi connectivity index (χ3n) is 7.53. The first kappa shape index (κ1) is 42.5. The molecule has 0 aliphatic rings. The minimum Gasteiger partial charge on any atom is -0.462 e. The number of aliphatic hydroxyl groups is 1. The molecule has 0 aromatic rings. The fourth-order valence-corrected chi connectivity index (χ4v) is 4.75. The molecule has 6 nitrogen and oxygen atoms in total. The molecule has 45 heavy (non-hydrogen) atoms. The van der Waals surface area contributed by atoms with Gasteiger partial charge in [0.05, 0.1) is 6.61 Å². The van der Waals surface area contributed by atoms with E-state index in [0.717, 1.165) is 44.4 Å². The Morgan fingerprint density at radius 2 is 1.24 bits per heavy atom. The van der Waals surface area contributed by atoms with Crippen LogP contribution in [0.2, 0.25) is 0 Å². The maximum atomic E-state index is 12.1. The Hall–Kier alpha value is -2.47. The summed E-state index contributed by atoms with van der Waals surface area (Å²) in [6, 6.07) is 0. The Kier molecular flexibility index (Phi) is 31.1. The molecule has 0 rings (SSSR count). The number of esters is 2. The van der Waals surface area contributed by atoms with Gasteiger partial charge in [0.25, 0.3) is 0 Å². The van der Waals surface area contributed by atoms with Gasteiger partial charge in [-0.05, 0) is 50.5 Å². The first-order chi connectivity index (χ1) is 21.9. The van der Waals surface area contributed by atoms with Crippen molar-refractivity contribution in [2.75, 3.05) is 13.2 Å². The van der Waals surface area contributed by atoms with Gasteiger partial charge in [0.1, 0.15) is 6.61 Å². The van der Waals surface area contributed by atoms with E-state index < -0.39 is 18.7 Å². The fourth-order valence-electron chi connectivity index (χ4n) is 4.75. The van der Waals surface area contributed by atoms with E-state index in [-0.39, 0.29) is 31.2 Å². The topological polar surface area (TPSA) is 89.9 Å². The lowest BCUT2D eigenvalue weighted by atomic mass is 10.0. The lowest BCUT2D eigenvalue weighted by Gasteiger charge is -2.15. The van der Waals surface area contributed by atoms with E-state index in [0.29, 0.717) is 12.8 Å². The molecule has 0 fully saturated rings. The van der Waals surface area contributed by atoms with E-state index in [9.17, 15) is 19.5 Å². The van der Waals surface area contributed by atoms with Crippen molar-refractivity contribution in [2.24, 2.45) is 5.92 Å². The van der Waals surface area contributed by atoms with E-state index in [2.05, 4.69) is 45.1 Å². The van der Waals surface area contributed by atoms with Crippen LogP contribution in [-0.2, 0) is 23.9 Å². The Labute approximate surface area is 275 Å². The van der Waals surface area contributed by atoms with Crippen molar-refractivity contribution in [3.05, 3.63) is 48.6 Å². The van der Waals surface area contributed by atoms with Gasteiger partial charge in [0, 0.05) is 19.3 Å². The average molecular weight is 631 g/mol. The molecule has 0 aromatic heterocycles. The molecule has 0 spiro atoms. The predicted molar refractivity (Wildman–Crippen MR) is 187 cm³/mol. The third kappa shape index (κ3) is 32.7. The van der Waals surface area contributed by atoms with Crippen molar-refractivity contribution in [2.45, 2.75) is 162 Å². The van der Waals surface area contributed by atoms with Crippen LogP contribution >= 0.6 is 0 Å². The van der Waals surface area contributed by atoms with Crippen molar-refractivity contribution in [3.8, 4) is 0 Å². The highest BCUT2D eigenvalue weighted by atomic mass is 16.6. The van der Waals surface area contributed by atoms with Crippen LogP contribution in [0.15, 0.2) is 48.6 Å². The Bertz CT molecular complexity index is 838. The normalized spacial score (nSPS) is 12.7. The van der Waals surface area contributed by atoms with Crippen LogP contribution in [0.4, 0.5) is 0 Å². The molecule has 0 radical (unpaired) electrons. The number of carbonyl (C=O) groups excluding carboxylic acids is 3. The molecule has 0 saturated heterocycles. The Balaban J connectivity index is 3.81. The van der Waals surface area contributed by atoms with Crippen LogP contribution in [0.3, 0.4) is 0 Å². The van der Waals surface area contributed by atoms with Gasteiger partial charge >= 0.3 is 11.9 Å². The van der Waals surface area contributed by atoms with Gasteiger partial charge in [-0.25, -0.2) is 0 Å². The largest absolute Gasteiger partial charge is 0.462 e. The summed E-state index contributed by atoms with van der Waals surface area (Å²) in [5.41, 5.74) is 0. The van der Waals surface area contributed by atoms with Crippen LogP contribution in [0.5, 0.6) is 0 Å². The molecule has 1 atom stereocenters. The van der Waals surface area contributed by atoms with E-state index in [4.69, 9.17) is 9.47 Å². The predicted octanol–water partition coefficient (Wildman–Crippen LogP) is 10.1. The summed E-state index contributed by atoms with van der Waals surface area (Å²) in [6.45, 7) is 6.20. The molecular weight excluding hydrogens is 564 g/mol. The Morgan fingerprint density at radius 1 is 0.644 bits per heavy atom. The molecule has 0 bridgehead atoms. The second-order valence-electron chi connectivity index (χ2n) is 12.5. The SMILES string of the molecule is CCCCC/C=C\C/C=C\C/C=C\C=C\C(=O)CCCC(=O)OC[C@H](CO)OC(=O)CCCCCCCCCCCCC(C)C. The zero-order chi connectivity index (χ0) is 33.2. The monoisotopic (exact) mass is 630 g/mol. The van der Waals surface area contributed by atoms with Gasteiger partial charge in [-0.1, -0.05) is 140 Å². The average Bonchev–Trinajstić information content (AvgIpc) is 3.01. The summed E-state index contributed by atoms with van der Waals surface area (Å²) in [4.78, 5) is 36.2. The van der Waals surface area contributed by atoms with E-state index in [1.54, 1.807) is 6.08 Å². The zero-order valence-electron chi connectivity index (χ0n) is 29.0. The molecule has 6 heteroatoms. The smallest absolute Gasteiger partial charge is 0.306 e. The molecule has 0 saturated carbocycles. The fraction of sp³-hybridized carbons (Fsp3) is 0.718. The molecule has 0 amide bonds. The van der Waals surface area contributed by atoms with Crippen LogP contribution in [0.25, 0.3) is 0 Å². The summed E-state index contributed by atoms with van der Waals surface area (Å²) in [7, 11) is 0. The zero-order valence-corrected chi connectivity index (χ0v) is 29.0. The minimum absolute atomic E-state index is 0.0501.